The maximum Gasteiger partial charge on any atom is 0.0279 e. The van der Waals surface area contributed by atoms with Crippen molar-refractivity contribution >= 4 is 0 Å². The molecule has 1 heterocycles. The number of nitrogens with one attached hydrogen (secondary N) is 1. The Morgan fingerprint density at radius 3 is 2.85 bits per heavy atom. The summed E-state index contributed by atoms with van der Waals surface area (Å²) in [5, 5.41) is 3.37. The lowest BCUT2D eigenvalue weighted by Gasteiger charge is -2.25. The van der Waals surface area contributed by atoms with Gasteiger partial charge in [0.05, 0.1) is 0 Å². The molecule has 1 nitrogen and oxygen atoms in total. The maximum absolute atomic E-state index is 3.37. The van der Waals surface area contributed by atoms with Crippen molar-refractivity contribution in [2.24, 2.45) is 17.8 Å². The molecule has 13 heavy (non-hydrogen) atoms. The van der Waals surface area contributed by atoms with Gasteiger partial charge in [0.1, 0.15) is 0 Å². The summed E-state index contributed by atoms with van der Waals surface area (Å²) in [5.41, 5.74) is 2.92. The summed E-state index contributed by atoms with van der Waals surface area (Å²) in [4.78, 5) is 0. The normalized spacial score (nSPS) is 31.1. The third-order valence-corrected chi connectivity index (χ3v) is 2.98. The molecule has 0 spiro atoms. The summed E-state index contributed by atoms with van der Waals surface area (Å²) < 4.78 is 0. The van der Waals surface area contributed by atoms with Crippen LogP contribution < -0.4 is 5.32 Å². The Hall–Kier alpha value is -0.980. The number of hydrogen-bond acceptors (Lipinski definition) is 1. The van der Waals surface area contributed by atoms with Gasteiger partial charge < -0.3 is 5.32 Å². The maximum atomic E-state index is 3.37. The molecule has 2 aliphatic rings. The lowest BCUT2D eigenvalue weighted by molar-refractivity contribution is 0.508. The lowest BCUT2D eigenvalue weighted by atomic mass is 9.80. The highest BCUT2D eigenvalue weighted by molar-refractivity contribution is 5.36. The van der Waals surface area contributed by atoms with E-state index in [1.165, 1.54) is 5.70 Å². The molecule has 0 aromatic carbocycles. The van der Waals surface area contributed by atoms with Crippen molar-refractivity contribution in [1.29, 1.82) is 0 Å². The second-order valence-electron chi connectivity index (χ2n) is 4.29. The molecule has 1 heteroatoms. The minimum atomic E-state index is 0.616. The van der Waals surface area contributed by atoms with Crippen LogP contribution in [0.25, 0.3) is 0 Å². The van der Waals surface area contributed by atoms with Gasteiger partial charge in [0.15, 0.2) is 0 Å². The molecule has 2 rings (SSSR count). The van der Waals surface area contributed by atoms with E-state index in [1.54, 1.807) is 5.57 Å². The van der Waals surface area contributed by atoms with Crippen molar-refractivity contribution in [3.8, 4) is 0 Å². The van der Waals surface area contributed by atoms with Crippen LogP contribution in [0.15, 0.2) is 35.7 Å². The Kier molecular flexibility index (Phi) is 2.03. The summed E-state index contributed by atoms with van der Waals surface area (Å²) in [5.74, 6) is 1.91. The second kappa shape index (κ2) is 3.06. The van der Waals surface area contributed by atoms with Crippen molar-refractivity contribution in [3.05, 3.63) is 35.7 Å². The van der Waals surface area contributed by atoms with Gasteiger partial charge in [-0.25, -0.2) is 0 Å². The fourth-order valence-corrected chi connectivity index (χ4v) is 2.24. The molecule has 0 aromatic rings. The summed E-state index contributed by atoms with van der Waals surface area (Å²) in [6.07, 6.45) is 8.82. The molecule has 2 atom stereocenters. The van der Waals surface area contributed by atoms with Gasteiger partial charge in [0.2, 0.25) is 0 Å². The van der Waals surface area contributed by atoms with Crippen LogP contribution in [0.1, 0.15) is 20.8 Å². The van der Waals surface area contributed by atoms with Crippen LogP contribution in [0.5, 0.6) is 0 Å². The Bertz CT molecular complexity index is 294. The van der Waals surface area contributed by atoms with Gasteiger partial charge in [-0.1, -0.05) is 32.9 Å². The minimum absolute atomic E-state index is 0.616. The van der Waals surface area contributed by atoms with E-state index in [2.05, 4.69) is 50.5 Å². The Balaban J connectivity index is 2.28. The summed E-state index contributed by atoms with van der Waals surface area (Å²) >= 11 is 0. The number of fused-ring (bicyclic) bond motifs is 1. The molecule has 0 bridgehead atoms. The van der Waals surface area contributed by atoms with Gasteiger partial charge >= 0.3 is 0 Å². The SMILES string of the molecule is CC(C)C1=CNC2=CC=CC(C)C21. The average molecular weight is 175 g/mol. The Morgan fingerprint density at radius 2 is 2.15 bits per heavy atom. The van der Waals surface area contributed by atoms with Crippen LogP contribution in [-0.2, 0) is 0 Å². The van der Waals surface area contributed by atoms with E-state index in [9.17, 15) is 0 Å². The summed E-state index contributed by atoms with van der Waals surface area (Å²) in [6.45, 7) is 6.82. The fraction of sp³-hybridized carbons (Fsp3) is 0.500. The predicted molar refractivity (Wildman–Crippen MR) is 55.9 cm³/mol. The Morgan fingerprint density at radius 1 is 1.38 bits per heavy atom. The molecule has 0 aromatic heterocycles. The van der Waals surface area contributed by atoms with E-state index in [1.807, 2.05) is 0 Å². The van der Waals surface area contributed by atoms with Gasteiger partial charge in [0, 0.05) is 17.8 Å². The largest absolute Gasteiger partial charge is 0.364 e. The van der Waals surface area contributed by atoms with Crippen LogP contribution in [-0.4, -0.2) is 0 Å². The molecule has 1 aliphatic carbocycles. The smallest absolute Gasteiger partial charge is 0.0279 e. The zero-order valence-electron chi connectivity index (χ0n) is 8.54. The monoisotopic (exact) mass is 175 g/mol. The molecule has 70 valence electrons. The number of hydrogen-bond donors (Lipinski definition) is 1. The molecular formula is C12H17N. The van der Waals surface area contributed by atoms with Crippen molar-refractivity contribution in [2.75, 3.05) is 0 Å². The van der Waals surface area contributed by atoms with E-state index >= 15 is 0 Å². The van der Waals surface area contributed by atoms with Gasteiger partial charge in [-0.3, -0.25) is 0 Å². The first-order chi connectivity index (χ1) is 6.20. The molecule has 0 saturated heterocycles. The molecule has 0 amide bonds. The molecule has 0 saturated carbocycles. The van der Waals surface area contributed by atoms with E-state index in [4.69, 9.17) is 0 Å². The van der Waals surface area contributed by atoms with Crippen molar-refractivity contribution in [1.82, 2.24) is 5.32 Å². The predicted octanol–water partition coefficient (Wildman–Crippen LogP) is 2.84. The van der Waals surface area contributed by atoms with E-state index in [-0.39, 0.29) is 0 Å². The molecular weight excluding hydrogens is 158 g/mol. The number of allylic oxidation sites excluding steroid dienone is 4. The minimum Gasteiger partial charge on any atom is -0.364 e. The van der Waals surface area contributed by atoms with E-state index < -0.39 is 0 Å². The highest BCUT2D eigenvalue weighted by atomic mass is 14.9. The van der Waals surface area contributed by atoms with Crippen LogP contribution >= 0.6 is 0 Å². The third kappa shape index (κ3) is 1.32. The highest BCUT2D eigenvalue weighted by Crippen LogP contribution is 2.37. The van der Waals surface area contributed by atoms with Crippen molar-refractivity contribution in [3.63, 3.8) is 0 Å². The van der Waals surface area contributed by atoms with Crippen LogP contribution in [0, 0.1) is 17.8 Å². The molecule has 1 N–H and O–H groups in total. The highest BCUT2D eigenvalue weighted by Gasteiger charge is 2.30. The molecule has 0 radical (unpaired) electrons. The first-order valence-electron chi connectivity index (χ1n) is 5.05. The van der Waals surface area contributed by atoms with Gasteiger partial charge in [-0.05, 0) is 23.5 Å². The topological polar surface area (TPSA) is 12.0 Å². The Labute approximate surface area is 80.2 Å². The van der Waals surface area contributed by atoms with Crippen molar-refractivity contribution < 1.29 is 0 Å². The fourth-order valence-electron chi connectivity index (χ4n) is 2.24. The molecule has 2 unspecified atom stereocenters. The third-order valence-electron chi connectivity index (χ3n) is 2.98. The quantitative estimate of drug-likeness (QED) is 0.646. The molecule has 1 aliphatic heterocycles. The van der Waals surface area contributed by atoms with Crippen LogP contribution in [0.3, 0.4) is 0 Å². The molecule has 0 fully saturated rings. The zero-order valence-corrected chi connectivity index (χ0v) is 8.54. The van der Waals surface area contributed by atoms with Crippen LogP contribution in [0.2, 0.25) is 0 Å². The first-order valence-corrected chi connectivity index (χ1v) is 5.05. The zero-order chi connectivity index (χ0) is 9.42. The van der Waals surface area contributed by atoms with Crippen LogP contribution in [0.4, 0.5) is 0 Å². The standard InChI is InChI=1S/C12H17N/c1-8(2)10-7-13-11-6-4-5-9(3)12(10)11/h4-9,12-13H,1-3H3. The first kappa shape index (κ1) is 8.61. The van der Waals surface area contributed by atoms with E-state index in [0.29, 0.717) is 17.8 Å². The summed E-state index contributed by atoms with van der Waals surface area (Å²) in [6, 6.07) is 0. The lowest BCUT2D eigenvalue weighted by Crippen LogP contribution is -2.19. The van der Waals surface area contributed by atoms with E-state index in [0.717, 1.165) is 0 Å². The second-order valence-corrected chi connectivity index (χ2v) is 4.29. The number of rotatable bonds is 1. The van der Waals surface area contributed by atoms with Gasteiger partial charge in [-0.2, -0.15) is 0 Å². The van der Waals surface area contributed by atoms with Crippen molar-refractivity contribution in [2.45, 2.75) is 20.8 Å². The van der Waals surface area contributed by atoms with Gasteiger partial charge in [0.25, 0.3) is 0 Å². The van der Waals surface area contributed by atoms with Gasteiger partial charge in [-0.15, -0.1) is 0 Å². The average Bonchev–Trinajstić information content (AvgIpc) is 2.49. The summed E-state index contributed by atoms with van der Waals surface area (Å²) in [7, 11) is 0.